The Kier molecular flexibility index (Phi) is 5.30. The molecule has 4 nitrogen and oxygen atoms in total. The predicted octanol–water partition coefficient (Wildman–Crippen LogP) is 1.01. The van der Waals surface area contributed by atoms with E-state index < -0.39 is 0 Å². The Labute approximate surface area is 78.8 Å². The molecule has 1 atom stereocenters. The van der Waals surface area contributed by atoms with Crippen molar-refractivity contribution in [2.45, 2.75) is 26.7 Å². The number of hydrogen-bond donors (Lipinski definition) is 0. The molecule has 0 saturated heterocycles. The largest absolute Gasteiger partial charge is 0.300 e. The van der Waals surface area contributed by atoms with Crippen molar-refractivity contribution in [1.82, 2.24) is 5.06 Å². The normalized spacial score (nSPS) is 12.3. The summed E-state index contributed by atoms with van der Waals surface area (Å²) in [5, 5.41) is 1.18. The summed E-state index contributed by atoms with van der Waals surface area (Å²) in [7, 11) is 3.00. The minimum atomic E-state index is -0.101. The highest BCUT2D eigenvalue weighted by Crippen LogP contribution is 2.09. The van der Waals surface area contributed by atoms with Gasteiger partial charge >= 0.3 is 0 Å². The van der Waals surface area contributed by atoms with Crippen LogP contribution in [-0.4, -0.2) is 30.9 Å². The fourth-order valence-corrected chi connectivity index (χ4v) is 1.09. The van der Waals surface area contributed by atoms with Gasteiger partial charge in [0.25, 0.3) is 0 Å². The van der Waals surface area contributed by atoms with E-state index >= 15 is 0 Å². The average molecular weight is 187 g/mol. The van der Waals surface area contributed by atoms with Gasteiger partial charge in [0, 0.05) is 19.9 Å². The number of nitrogens with zero attached hydrogens (tertiary/aromatic N) is 1. The number of carbonyl (C=O) groups is 2. The quantitative estimate of drug-likeness (QED) is 0.603. The zero-order valence-electron chi connectivity index (χ0n) is 8.66. The number of Topliss-reactive ketones (excluding diaryl/α,β-unsaturated/α-hetero) is 1. The lowest BCUT2D eigenvalue weighted by atomic mass is 10.0. The van der Waals surface area contributed by atoms with Crippen LogP contribution in [0.15, 0.2) is 0 Å². The van der Waals surface area contributed by atoms with Gasteiger partial charge in [-0.1, -0.05) is 6.92 Å². The number of carbonyl (C=O) groups excluding carboxylic acids is 2. The van der Waals surface area contributed by atoms with Crippen molar-refractivity contribution in [3.8, 4) is 0 Å². The fraction of sp³-hybridized carbons (Fsp3) is 0.778. The van der Waals surface area contributed by atoms with E-state index in [-0.39, 0.29) is 17.6 Å². The smallest absolute Gasteiger partial charge is 0.246 e. The Morgan fingerprint density at radius 2 is 1.92 bits per heavy atom. The average Bonchev–Trinajstić information content (AvgIpc) is 2.01. The van der Waals surface area contributed by atoms with Gasteiger partial charge in [0.2, 0.25) is 5.91 Å². The monoisotopic (exact) mass is 187 g/mol. The van der Waals surface area contributed by atoms with Crippen molar-refractivity contribution in [1.29, 1.82) is 0 Å². The second-order valence-electron chi connectivity index (χ2n) is 3.29. The van der Waals surface area contributed by atoms with Gasteiger partial charge in [-0.2, -0.15) is 0 Å². The Balaban J connectivity index is 3.84. The van der Waals surface area contributed by atoms with Crippen molar-refractivity contribution >= 4 is 11.7 Å². The summed E-state index contributed by atoms with van der Waals surface area (Å²) in [6.45, 7) is 3.41. The molecule has 0 aliphatic rings. The van der Waals surface area contributed by atoms with E-state index in [1.54, 1.807) is 7.05 Å². The van der Waals surface area contributed by atoms with Crippen LogP contribution in [0, 0.1) is 5.92 Å². The van der Waals surface area contributed by atoms with Gasteiger partial charge in [-0.15, -0.1) is 0 Å². The summed E-state index contributed by atoms with van der Waals surface area (Å²) in [4.78, 5) is 26.7. The van der Waals surface area contributed by atoms with E-state index in [1.807, 2.05) is 6.92 Å². The molecule has 0 aromatic heterocycles. The van der Waals surface area contributed by atoms with Crippen molar-refractivity contribution in [3.05, 3.63) is 0 Å². The first kappa shape index (κ1) is 12.1. The third-order valence-electron chi connectivity index (χ3n) is 1.78. The first-order chi connectivity index (χ1) is 5.97. The molecule has 4 heteroatoms. The Bertz CT molecular complexity index is 191. The van der Waals surface area contributed by atoms with E-state index in [2.05, 4.69) is 0 Å². The minimum Gasteiger partial charge on any atom is -0.300 e. The lowest BCUT2D eigenvalue weighted by Gasteiger charge is -2.15. The number of hydroxylamine groups is 2. The van der Waals surface area contributed by atoms with E-state index in [9.17, 15) is 9.59 Å². The first-order valence-corrected chi connectivity index (χ1v) is 4.27. The van der Waals surface area contributed by atoms with Crippen LogP contribution in [0.3, 0.4) is 0 Å². The molecule has 0 aliphatic carbocycles. The lowest BCUT2D eigenvalue weighted by molar-refractivity contribution is -0.169. The molecule has 0 heterocycles. The Morgan fingerprint density at radius 3 is 2.31 bits per heavy atom. The third kappa shape index (κ3) is 5.36. The molecule has 0 rings (SSSR count). The van der Waals surface area contributed by atoms with Gasteiger partial charge in [-0.25, -0.2) is 5.06 Å². The highest BCUT2D eigenvalue weighted by molar-refractivity contribution is 5.78. The number of hydrogen-bond acceptors (Lipinski definition) is 3. The fourth-order valence-electron chi connectivity index (χ4n) is 1.09. The lowest BCUT2D eigenvalue weighted by Crippen LogP contribution is -2.27. The maximum Gasteiger partial charge on any atom is 0.246 e. The maximum atomic E-state index is 11.3. The molecule has 0 bridgehead atoms. The number of amides is 1. The van der Waals surface area contributed by atoms with Crippen LogP contribution in [0.25, 0.3) is 0 Å². The summed E-state index contributed by atoms with van der Waals surface area (Å²) in [5.74, 6) is 0.0965. The van der Waals surface area contributed by atoms with E-state index in [4.69, 9.17) is 4.84 Å². The molecule has 0 aromatic rings. The second-order valence-corrected chi connectivity index (χ2v) is 3.29. The van der Waals surface area contributed by atoms with Crippen molar-refractivity contribution in [3.63, 3.8) is 0 Å². The number of rotatable bonds is 5. The number of ketones is 1. The molecule has 0 fully saturated rings. The summed E-state index contributed by atoms with van der Waals surface area (Å²) in [5.41, 5.74) is 0. The molecule has 0 saturated carbocycles. The molecule has 0 aliphatic heterocycles. The molecule has 0 spiro atoms. The Morgan fingerprint density at radius 1 is 1.38 bits per heavy atom. The highest BCUT2D eigenvalue weighted by atomic mass is 16.7. The second kappa shape index (κ2) is 5.70. The van der Waals surface area contributed by atoms with Crippen molar-refractivity contribution in [2.24, 2.45) is 5.92 Å². The summed E-state index contributed by atoms with van der Waals surface area (Å²) in [6.07, 6.45) is 0.799. The van der Waals surface area contributed by atoms with Gasteiger partial charge in [0.1, 0.15) is 5.78 Å². The third-order valence-corrected chi connectivity index (χ3v) is 1.78. The zero-order valence-corrected chi connectivity index (χ0v) is 8.66. The van der Waals surface area contributed by atoms with Crippen LogP contribution < -0.4 is 0 Å². The van der Waals surface area contributed by atoms with Gasteiger partial charge in [-0.05, 0) is 12.8 Å². The molecular weight excluding hydrogens is 170 g/mol. The van der Waals surface area contributed by atoms with Gasteiger partial charge in [0.05, 0.1) is 7.11 Å². The van der Waals surface area contributed by atoms with E-state index in [1.165, 1.54) is 19.1 Å². The van der Waals surface area contributed by atoms with E-state index in [0.29, 0.717) is 12.8 Å². The SMILES string of the molecule is CON(C)C(=O)C[C@@H](C)CC(C)=O. The first-order valence-electron chi connectivity index (χ1n) is 4.27. The van der Waals surface area contributed by atoms with Crippen molar-refractivity contribution < 1.29 is 14.4 Å². The molecule has 0 unspecified atom stereocenters. The molecule has 13 heavy (non-hydrogen) atoms. The standard InChI is InChI=1S/C9H17NO3/c1-7(5-8(2)11)6-9(12)10(3)13-4/h7H,5-6H2,1-4H3/t7-/m0/s1. The summed E-state index contributed by atoms with van der Waals surface area (Å²) >= 11 is 0. The zero-order chi connectivity index (χ0) is 10.4. The van der Waals surface area contributed by atoms with Crippen LogP contribution >= 0.6 is 0 Å². The minimum absolute atomic E-state index is 0.0857. The van der Waals surface area contributed by atoms with Crippen LogP contribution in [0.1, 0.15) is 26.7 Å². The molecule has 0 N–H and O–H groups in total. The predicted molar refractivity (Wildman–Crippen MR) is 48.9 cm³/mol. The van der Waals surface area contributed by atoms with E-state index in [0.717, 1.165) is 0 Å². The topological polar surface area (TPSA) is 46.6 Å². The van der Waals surface area contributed by atoms with Crippen LogP contribution in [0.4, 0.5) is 0 Å². The van der Waals surface area contributed by atoms with Crippen LogP contribution in [0.5, 0.6) is 0 Å². The summed E-state index contributed by atoms with van der Waals surface area (Å²) < 4.78 is 0. The molecule has 1 amide bonds. The van der Waals surface area contributed by atoms with Crippen LogP contribution in [0.2, 0.25) is 0 Å². The highest BCUT2D eigenvalue weighted by Gasteiger charge is 2.14. The van der Waals surface area contributed by atoms with Crippen molar-refractivity contribution in [2.75, 3.05) is 14.2 Å². The molecular formula is C9H17NO3. The maximum absolute atomic E-state index is 11.3. The summed E-state index contributed by atoms with van der Waals surface area (Å²) in [6, 6.07) is 0. The Hall–Kier alpha value is -0.900. The van der Waals surface area contributed by atoms with Gasteiger partial charge in [0.15, 0.2) is 0 Å². The molecule has 76 valence electrons. The van der Waals surface area contributed by atoms with Crippen LogP contribution in [-0.2, 0) is 14.4 Å². The van der Waals surface area contributed by atoms with Gasteiger partial charge < -0.3 is 4.79 Å². The molecule has 0 radical (unpaired) electrons. The molecule has 0 aromatic carbocycles. The van der Waals surface area contributed by atoms with Gasteiger partial charge in [-0.3, -0.25) is 9.63 Å².